The zero-order valence-corrected chi connectivity index (χ0v) is 15.1. The predicted octanol–water partition coefficient (Wildman–Crippen LogP) is 4.41. The lowest BCUT2D eigenvalue weighted by molar-refractivity contribution is -0.115. The molecule has 0 spiro atoms. The number of fused-ring (bicyclic) bond motifs is 1. The number of nitrogens with zero attached hydrogens (tertiary/aromatic N) is 1. The quantitative estimate of drug-likeness (QED) is 0.765. The maximum absolute atomic E-state index is 12.3. The number of methoxy groups -OCH3 is 1. The van der Waals surface area contributed by atoms with E-state index in [2.05, 4.69) is 29.4 Å². The molecule has 5 heteroatoms. The van der Waals surface area contributed by atoms with Crippen molar-refractivity contribution in [2.75, 3.05) is 12.4 Å². The average molecular weight is 340 g/mol. The minimum Gasteiger partial charge on any atom is -0.496 e. The van der Waals surface area contributed by atoms with Crippen molar-refractivity contribution in [2.45, 2.75) is 27.2 Å². The number of aryl methyl sites for hydroxylation is 3. The molecule has 3 aromatic rings. The molecule has 1 aromatic heterocycles. The Hall–Kier alpha value is -2.40. The standard InChI is InChI=1S/C19H20N2O2S/c1-11-5-6-12(2)18-17(11)21-19(24-18)20-16(22)10-14-7-8-15(23-4)13(3)9-14/h5-9H,10H2,1-4H3,(H,20,21,22). The molecule has 0 bridgehead atoms. The minimum atomic E-state index is -0.0612. The molecule has 24 heavy (non-hydrogen) atoms. The number of hydrogen-bond acceptors (Lipinski definition) is 4. The van der Waals surface area contributed by atoms with Gasteiger partial charge in [0.1, 0.15) is 5.75 Å². The van der Waals surface area contributed by atoms with Crippen molar-refractivity contribution in [3.63, 3.8) is 0 Å². The second-order valence-electron chi connectivity index (χ2n) is 5.93. The van der Waals surface area contributed by atoms with E-state index in [1.165, 1.54) is 16.9 Å². The molecule has 1 amide bonds. The number of carbonyl (C=O) groups excluding carboxylic acids is 1. The summed E-state index contributed by atoms with van der Waals surface area (Å²) in [6.07, 6.45) is 0.318. The van der Waals surface area contributed by atoms with Gasteiger partial charge in [0.2, 0.25) is 5.91 Å². The minimum absolute atomic E-state index is 0.0612. The number of nitrogens with one attached hydrogen (secondary N) is 1. The second-order valence-corrected chi connectivity index (χ2v) is 6.92. The average Bonchev–Trinajstić information content (AvgIpc) is 2.96. The highest BCUT2D eigenvalue weighted by Gasteiger charge is 2.12. The van der Waals surface area contributed by atoms with Gasteiger partial charge >= 0.3 is 0 Å². The van der Waals surface area contributed by atoms with Gasteiger partial charge in [0.15, 0.2) is 5.13 Å². The number of thiazole rings is 1. The number of amides is 1. The van der Waals surface area contributed by atoms with E-state index >= 15 is 0 Å². The SMILES string of the molecule is COc1ccc(CC(=O)Nc2nc3c(C)ccc(C)c3s2)cc1C. The molecule has 2 aromatic carbocycles. The van der Waals surface area contributed by atoms with Crippen LogP contribution in [0.1, 0.15) is 22.3 Å². The van der Waals surface area contributed by atoms with Gasteiger partial charge in [0.25, 0.3) is 0 Å². The number of carbonyl (C=O) groups is 1. The van der Waals surface area contributed by atoms with Crippen molar-refractivity contribution >= 4 is 32.6 Å². The summed E-state index contributed by atoms with van der Waals surface area (Å²) < 4.78 is 6.38. The van der Waals surface area contributed by atoms with Gasteiger partial charge in [-0.2, -0.15) is 0 Å². The van der Waals surface area contributed by atoms with Crippen molar-refractivity contribution in [1.82, 2.24) is 4.98 Å². The van der Waals surface area contributed by atoms with Crippen molar-refractivity contribution in [2.24, 2.45) is 0 Å². The lowest BCUT2D eigenvalue weighted by Gasteiger charge is -2.07. The molecule has 3 rings (SSSR count). The summed E-state index contributed by atoms with van der Waals surface area (Å²) in [7, 11) is 1.64. The zero-order valence-electron chi connectivity index (χ0n) is 14.3. The summed E-state index contributed by atoms with van der Waals surface area (Å²) >= 11 is 1.52. The van der Waals surface area contributed by atoms with Crippen LogP contribution in [-0.4, -0.2) is 18.0 Å². The van der Waals surface area contributed by atoms with Gasteiger partial charge in [-0.1, -0.05) is 35.6 Å². The van der Waals surface area contributed by atoms with Gasteiger partial charge in [-0.15, -0.1) is 0 Å². The first-order valence-corrected chi connectivity index (χ1v) is 8.59. The summed E-state index contributed by atoms with van der Waals surface area (Å²) in [6.45, 7) is 6.07. The normalized spacial score (nSPS) is 10.8. The van der Waals surface area contributed by atoms with Crippen molar-refractivity contribution in [1.29, 1.82) is 0 Å². The van der Waals surface area contributed by atoms with Crippen LogP contribution in [0, 0.1) is 20.8 Å². The van der Waals surface area contributed by atoms with Crippen molar-refractivity contribution < 1.29 is 9.53 Å². The maximum atomic E-state index is 12.3. The Kier molecular flexibility index (Phi) is 4.53. The van der Waals surface area contributed by atoms with Crippen molar-refractivity contribution in [3.05, 3.63) is 52.6 Å². The van der Waals surface area contributed by atoms with E-state index in [0.717, 1.165) is 32.7 Å². The van der Waals surface area contributed by atoms with Gasteiger partial charge in [-0.3, -0.25) is 4.79 Å². The Morgan fingerprint density at radius 2 is 1.88 bits per heavy atom. The van der Waals surface area contributed by atoms with Crippen LogP contribution in [0.25, 0.3) is 10.2 Å². The van der Waals surface area contributed by atoms with Gasteiger partial charge in [-0.25, -0.2) is 4.98 Å². The molecule has 0 unspecified atom stereocenters. The molecule has 1 N–H and O–H groups in total. The van der Waals surface area contributed by atoms with Gasteiger partial charge < -0.3 is 10.1 Å². The molecule has 0 saturated carbocycles. The number of hydrogen-bond donors (Lipinski definition) is 1. The highest BCUT2D eigenvalue weighted by molar-refractivity contribution is 7.22. The summed E-state index contributed by atoms with van der Waals surface area (Å²) in [4.78, 5) is 16.9. The van der Waals surface area contributed by atoms with Gasteiger partial charge in [0, 0.05) is 0 Å². The highest BCUT2D eigenvalue weighted by atomic mass is 32.1. The Bertz CT molecular complexity index is 876. The molecule has 4 nitrogen and oxygen atoms in total. The molecule has 0 saturated heterocycles. The lowest BCUT2D eigenvalue weighted by Crippen LogP contribution is -2.14. The van der Waals surface area contributed by atoms with E-state index in [1.54, 1.807) is 7.11 Å². The molecule has 1 heterocycles. The molecule has 0 atom stereocenters. The first kappa shape index (κ1) is 16.5. The van der Waals surface area contributed by atoms with Crippen LogP contribution in [0.3, 0.4) is 0 Å². The summed E-state index contributed by atoms with van der Waals surface area (Å²) in [5.74, 6) is 0.769. The van der Waals surface area contributed by atoms with Crippen LogP contribution in [-0.2, 0) is 11.2 Å². The second kappa shape index (κ2) is 6.61. The van der Waals surface area contributed by atoms with Crippen LogP contribution in [0.5, 0.6) is 5.75 Å². The fourth-order valence-corrected chi connectivity index (χ4v) is 3.74. The van der Waals surface area contributed by atoms with Gasteiger partial charge in [-0.05, 0) is 49.1 Å². The summed E-state index contributed by atoms with van der Waals surface area (Å²) in [5, 5.41) is 3.57. The first-order valence-electron chi connectivity index (χ1n) is 7.78. The third-order valence-electron chi connectivity index (χ3n) is 4.01. The number of aromatic nitrogens is 1. The van der Waals surface area contributed by atoms with E-state index in [-0.39, 0.29) is 5.91 Å². The molecule has 0 aliphatic heterocycles. The number of ether oxygens (including phenoxy) is 1. The van der Waals surface area contributed by atoms with Crippen LogP contribution < -0.4 is 10.1 Å². The van der Waals surface area contributed by atoms with Crippen LogP contribution in [0.15, 0.2) is 30.3 Å². The molecule has 0 fully saturated rings. The Labute approximate surface area is 145 Å². The predicted molar refractivity (Wildman–Crippen MR) is 99.2 cm³/mol. The van der Waals surface area contributed by atoms with Crippen LogP contribution >= 0.6 is 11.3 Å². The molecule has 0 aliphatic carbocycles. The van der Waals surface area contributed by atoms with E-state index in [0.29, 0.717) is 11.6 Å². The largest absolute Gasteiger partial charge is 0.496 e. The molecule has 124 valence electrons. The van der Waals surface area contributed by atoms with E-state index in [4.69, 9.17) is 4.74 Å². The molecular formula is C19H20N2O2S. The zero-order chi connectivity index (χ0) is 17.3. The number of benzene rings is 2. The van der Waals surface area contributed by atoms with Gasteiger partial charge in [0.05, 0.1) is 23.7 Å². The van der Waals surface area contributed by atoms with E-state index in [1.807, 2.05) is 32.0 Å². The summed E-state index contributed by atoms with van der Waals surface area (Å²) in [6, 6.07) is 9.93. The Morgan fingerprint density at radius 1 is 1.12 bits per heavy atom. The number of anilines is 1. The third-order valence-corrected chi connectivity index (χ3v) is 5.12. The fraction of sp³-hybridized carbons (Fsp3) is 0.263. The van der Waals surface area contributed by atoms with Crippen LogP contribution in [0.4, 0.5) is 5.13 Å². The Balaban J connectivity index is 1.76. The topological polar surface area (TPSA) is 51.2 Å². The first-order chi connectivity index (χ1) is 11.5. The monoisotopic (exact) mass is 340 g/mol. The fourth-order valence-electron chi connectivity index (χ4n) is 2.71. The van der Waals surface area contributed by atoms with E-state index < -0.39 is 0 Å². The third kappa shape index (κ3) is 3.26. The smallest absolute Gasteiger partial charge is 0.230 e. The molecule has 0 aliphatic rings. The lowest BCUT2D eigenvalue weighted by atomic mass is 10.1. The van der Waals surface area contributed by atoms with Crippen molar-refractivity contribution in [3.8, 4) is 5.75 Å². The maximum Gasteiger partial charge on any atom is 0.230 e. The van der Waals surface area contributed by atoms with Crippen LogP contribution in [0.2, 0.25) is 0 Å². The number of rotatable bonds is 4. The highest BCUT2D eigenvalue weighted by Crippen LogP contribution is 2.31. The summed E-state index contributed by atoms with van der Waals surface area (Å²) in [5.41, 5.74) is 5.25. The molecular weight excluding hydrogens is 320 g/mol. The van der Waals surface area contributed by atoms with E-state index in [9.17, 15) is 4.79 Å². The molecule has 0 radical (unpaired) electrons. The Morgan fingerprint density at radius 3 is 2.54 bits per heavy atom.